The number of nitrogens with one attached hydrogen (secondary N) is 2. The molecule has 1 unspecified atom stereocenters. The van der Waals surface area contributed by atoms with Crippen LogP contribution in [0.1, 0.15) is 23.4 Å². The summed E-state index contributed by atoms with van der Waals surface area (Å²) in [6.45, 7) is 6.34. The van der Waals surface area contributed by atoms with Crippen molar-refractivity contribution in [2.45, 2.75) is 18.9 Å². The predicted molar refractivity (Wildman–Crippen MR) is 124 cm³/mol. The molecule has 1 aliphatic heterocycles. The van der Waals surface area contributed by atoms with Gasteiger partial charge in [0.1, 0.15) is 0 Å². The van der Waals surface area contributed by atoms with Gasteiger partial charge in [0.25, 0.3) is 5.91 Å². The fourth-order valence-corrected chi connectivity index (χ4v) is 2.78. The van der Waals surface area contributed by atoms with Crippen LogP contribution in [-0.4, -0.2) is 69.8 Å². The lowest BCUT2D eigenvalue weighted by Crippen LogP contribution is -2.23. The lowest BCUT2D eigenvalue weighted by molar-refractivity contribution is 0.0996. The molecule has 1 amide bonds. The van der Waals surface area contributed by atoms with E-state index in [1.54, 1.807) is 12.1 Å². The van der Waals surface area contributed by atoms with Gasteiger partial charge >= 0.3 is 0 Å². The number of aliphatic hydroxyl groups is 1. The number of aliphatic hydroxyl groups excluding tert-OH is 1. The summed E-state index contributed by atoms with van der Waals surface area (Å²) in [5.74, 6) is 0.0996. The first kappa shape index (κ1) is 25.4. The minimum atomic E-state index is -0.384. The van der Waals surface area contributed by atoms with Gasteiger partial charge in [-0.1, -0.05) is 6.08 Å². The molecule has 7 heteroatoms. The number of anilines is 2. The topological polar surface area (TPSA) is 81.0 Å². The molecule has 1 aromatic carbocycles. The number of nitrogens with zero attached hydrogens (tertiary/aromatic N) is 2. The second-order valence-electron chi connectivity index (χ2n) is 7.24. The molecule has 0 spiro atoms. The molecule has 7 nitrogen and oxygen atoms in total. The second-order valence-corrected chi connectivity index (χ2v) is 7.24. The van der Waals surface area contributed by atoms with E-state index >= 15 is 0 Å². The zero-order valence-electron chi connectivity index (χ0n) is 18.6. The van der Waals surface area contributed by atoms with Crippen molar-refractivity contribution in [3.8, 4) is 0 Å². The Morgan fingerprint density at radius 2 is 1.83 bits per heavy atom. The van der Waals surface area contributed by atoms with E-state index in [-0.39, 0.29) is 12.0 Å². The van der Waals surface area contributed by atoms with Crippen LogP contribution in [0.3, 0.4) is 0 Å². The van der Waals surface area contributed by atoms with Crippen LogP contribution >= 0.6 is 0 Å². The van der Waals surface area contributed by atoms with Crippen LogP contribution in [0.25, 0.3) is 0 Å². The maximum absolute atomic E-state index is 11.8. The van der Waals surface area contributed by atoms with Gasteiger partial charge in [-0.05, 0) is 77.4 Å². The van der Waals surface area contributed by atoms with Gasteiger partial charge in [0, 0.05) is 31.0 Å². The number of rotatable bonds is 6. The molecule has 3 N–H and O–H groups in total. The van der Waals surface area contributed by atoms with E-state index in [1.165, 1.54) is 30.9 Å². The van der Waals surface area contributed by atoms with Crippen molar-refractivity contribution in [2.24, 2.45) is 0 Å². The number of carbonyl (C=O) groups is 1. The molecule has 2 heterocycles. The summed E-state index contributed by atoms with van der Waals surface area (Å²) in [6.07, 6.45) is 5.16. The fourth-order valence-electron chi connectivity index (χ4n) is 2.78. The van der Waals surface area contributed by atoms with Gasteiger partial charge < -0.3 is 30.0 Å². The Labute approximate surface area is 180 Å². The molecule has 0 bridgehead atoms. The molecule has 1 saturated heterocycles. The van der Waals surface area contributed by atoms with Crippen molar-refractivity contribution in [1.29, 1.82) is 0 Å². The number of carbonyl (C=O) groups excluding carboxylic acids is 1. The van der Waals surface area contributed by atoms with Gasteiger partial charge in [-0.15, -0.1) is 6.58 Å². The second kappa shape index (κ2) is 14.4. The van der Waals surface area contributed by atoms with Crippen molar-refractivity contribution in [1.82, 2.24) is 10.2 Å². The Morgan fingerprint density at radius 1 is 1.23 bits per heavy atom. The van der Waals surface area contributed by atoms with Crippen molar-refractivity contribution in [2.75, 3.05) is 58.0 Å². The van der Waals surface area contributed by atoms with Crippen molar-refractivity contribution >= 4 is 17.3 Å². The van der Waals surface area contributed by atoms with Crippen LogP contribution in [0.4, 0.5) is 11.4 Å². The van der Waals surface area contributed by atoms with Crippen LogP contribution in [0.5, 0.6) is 0 Å². The molecule has 166 valence electrons. The third-order valence-electron chi connectivity index (χ3n) is 4.17. The molecule has 0 aliphatic carbocycles. The SMILES string of the molecule is C=CC(O)CN(C)C.CNC.O=C(Nc1ccc(N2CCCC2)cc1)c1ccco1. The maximum atomic E-state index is 11.8. The summed E-state index contributed by atoms with van der Waals surface area (Å²) in [5, 5.41) is 14.4. The molecular formula is C23H36N4O3. The molecule has 1 fully saturated rings. The van der Waals surface area contributed by atoms with E-state index in [1.807, 2.05) is 57.4 Å². The molecule has 3 rings (SSSR count). The molecule has 30 heavy (non-hydrogen) atoms. The molecule has 2 aromatic rings. The highest BCUT2D eigenvalue weighted by atomic mass is 16.3. The molecule has 1 aromatic heterocycles. The highest BCUT2D eigenvalue weighted by Gasteiger charge is 2.12. The normalized spacial score (nSPS) is 13.6. The molecule has 1 atom stereocenters. The molecule has 0 radical (unpaired) electrons. The Kier molecular flexibility index (Phi) is 12.2. The minimum Gasteiger partial charge on any atom is -0.459 e. The van der Waals surface area contributed by atoms with Crippen LogP contribution in [0.15, 0.2) is 59.7 Å². The zero-order valence-corrected chi connectivity index (χ0v) is 18.6. The van der Waals surface area contributed by atoms with E-state index < -0.39 is 0 Å². The lowest BCUT2D eigenvalue weighted by atomic mass is 10.2. The summed E-state index contributed by atoms with van der Waals surface area (Å²) in [5.41, 5.74) is 2.00. The lowest BCUT2D eigenvalue weighted by Gasteiger charge is -2.17. The van der Waals surface area contributed by atoms with E-state index in [0.29, 0.717) is 12.3 Å². The summed E-state index contributed by atoms with van der Waals surface area (Å²) in [7, 11) is 7.57. The van der Waals surface area contributed by atoms with Crippen LogP contribution in [-0.2, 0) is 0 Å². The quantitative estimate of drug-likeness (QED) is 0.628. The van der Waals surface area contributed by atoms with Crippen molar-refractivity contribution in [3.63, 3.8) is 0 Å². The highest BCUT2D eigenvalue weighted by molar-refractivity contribution is 6.02. The van der Waals surface area contributed by atoms with Crippen molar-refractivity contribution in [3.05, 3.63) is 61.1 Å². The first-order valence-corrected chi connectivity index (χ1v) is 10.1. The summed E-state index contributed by atoms with van der Waals surface area (Å²) in [4.78, 5) is 16.1. The van der Waals surface area contributed by atoms with Crippen LogP contribution in [0.2, 0.25) is 0 Å². The molecule has 0 saturated carbocycles. The van der Waals surface area contributed by atoms with Gasteiger partial charge in [0.05, 0.1) is 12.4 Å². The Hall–Kier alpha value is -2.61. The Bertz CT molecular complexity index is 709. The predicted octanol–water partition coefficient (Wildman–Crippen LogP) is 3.06. The fraction of sp³-hybridized carbons (Fsp3) is 0.435. The first-order valence-electron chi connectivity index (χ1n) is 10.1. The largest absolute Gasteiger partial charge is 0.459 e. The zero-order chi connectivity index (χ0) is 22.4. The standard InChI is InChI=1S/C15H16N2O2.C6H13NO.C2H7N/c18-15(14-4-3-11-19-14)16-12-5-7-13(8-6-12)17-9-1-2-10-17;1-4-6(8)5-7(2)3;1-3-2/h3-8,11H,1-2,9-10H2,(H,16,18);4,6,8H,1,5H2,2-3H3;3H,1-2H3. The maximum Gasteiger partial charge on any atom is 0.291 e. The van der Waals surface area contributed by atoms with Gasteiger partial charge in [-0.3, -0.25) is 4.79 Å². The summed E-state index contributed by atoms with van der Waals surface area (Å²) >= 11 is 0. The minimum absolute atomic E-state index is 0.223. The van der Waals surface area contributed by atoms with Gasteiger partial charge in [-0.2, -0.15) is 0 Å². The van der Waals surface area contributed by atoms with Gasteiger partial charge in [-0.25, -0.2) is 0 Å². The monoisotopic (exact) mass is 416 g/mol. The van der Waals surface area contributed by atoms with Crippen molar-refractivity contribution < 1.29 is 14.3 Å². The third kappa shape index (κ3) is 9.73. The number of likely N-dealkylation sites (N-methyl/N-ethyl adjacent to an activating group) is 1. The molecular weight excluding hydrogens is 380 g/mol. The highest BCUT2D eigenvalue weighted by Crippen LogP contribution is 2.22. The summed E-state index contributed by atoms with van der Waals surface area (Å²) < 4.78 is 5.05. The first-order chi connectivity index (χ1) is 14.4. The number of benzene rings is 1. The average molecular weight is 417 g/mol. The van der Waals surface area contributed by atoms with E-state index in [4.69, 9.17) is 9.52 Å². The number of hydrogen-bond acceptors (Lipinski definition) is 6. The van der Waals surface area contributed by atoms with Crippen LogP contribution in [0, 0.1) is 0 Å². The van der Waals surface area contributed by atoms with E-state index in [0.717, 1.165) is 18.8 Å². The Morgan fingerprint density at radius 3 is 2.27 bits per heavy atom. The van der Waals surface area contributed by atoms with Crippen LogP contribution < -0.4 is 15.5 Å². The number of furan rings is 1. The third-order valence-corrected chi connectivity index (χ3v) is 4.17. The average Bonchev–Trinajstić information content (AvgIpc) is 3.43. The Balaban J connectivity index is 0.000000345. The van der Waals surface area contributed by atoms with E-state index in [9.17, 15) is 4.79 Å². The van der Waals surface area contributed by atoms with Gasteiger partial charge in [0.2, 0.25) is 0 Å². The van der Waals surface area contributed by atoms with Gasteiger partial charge in [0.15, 0.2) is 5.76 Å². The number of amides is 1. The smallest absolute Gasteiger partial charge is 0.291 e. The summed E-state index contributed by atoms with van der Waals surface area (Å²) in [6, 6.07) is 11.3. The van der Waals surface area contributed by atoms with E-state index in [2.05, 4.69) is 22.1 Å². The molecule has 1 aliphatic rings. The number of hydrogen-bond donors (Lipinski definition) is 3.